The van der Waals surface area contributed by atoms with Crippen molar-refractivity contribution in [2.24, 2.45) is 29.4 Å². The van der Waals surface area contributed by atoms with Crippen molar-refractivity contribution in [3.05, 3.63) is 33.4 Å². The Morgan fingerprint density at radius 3 is 2.39 bits per heavy atom. The highest BCUT2D eigenvalue weighted by Crippen LogP contribution is 2.51. The molecular formula is C21H21N3O9. The number of ketones is 4. The van der Waals surface area contributed by atoms with E-state index in [0.29, 0.717) is 0 Å². The topological polar surface area (TPSA) is 198 Å². The van der Waals surface area contributed by atoms with Crippen molar-refractivity contribution in [2.45, 2.75) is 24.5 Å². The molecule has 0 aromatic heterocycles. The number of nitro groups is 1. The first-order chi connectivity index (χ1) is 15.3. The highest BCUT2D eigenvalue weighted by Gasteiger charge is 2.69. The number of phenols is 1. The lowest BCUT2D eigenvalue weighted by molar-refractivity contribution is -0.385. The summed E-state index contributed by atoms with van der Waals surface area (Å²) in [5.74, 6) is -12.0. The van der Waals surface area contributed by atoms with Crippen LogP contribution >= 0.6 is 0 Å². The fourth-order valence-corrected chi connectivity index (χ4v) is 5.76. The molecule has 6 atom stereocenters. The second-order valence-corrected chi connectivity index (χ2v) is 9.00. The second kappa shape index (κ2) is 7.25. The molecule has 0 aliphatic heterocycles. The zero-order valence-electron chi connectivity index (χ0n) is 17.7. The number of nitrogens with zero attached hydrogens (tertiary/aromatic N) is 2. The van der Waals surface area contributed by atoms with Gasteiger partial charge in [0.1, 0.15) is 5.75 Å². The van der Waals surface area contributed by atoms with Gasteiger partial charge in [-0.2, -0.15) is 0 Å². The molecule has 12 nitrogen and oxygen atoms in total. The molecule has 3 aliphatic rings. The predicted molar refractivity (Wildman–Crippen MR) is 108 cm³/mol. The van der Waals surface area contributed by atoms with Crippen LogP contribution < -0.4 is 5.73 Å². The Balaban J connectivity index is 1.90. The van der Waals surface area contributed by atoms with Crippen LogP contribution in [0.4, 0.5) is 5.69 Å². The van der Waals surface area contributed by atoms with Crippen molar-refractivity contribution >= 4 is 34.7 Å². The van der Waals surface area contributed by atoms with Crippen LogP contribution in [0.3, 0.4) is 0 Å². The quantitative estimate of drug-likeness (QED) is 0.279. The molecule has 0 saturated heterocycles. The Labute approximate surface area is 186 Å². The summed E-state index contributed by atoms with van der Waals surface area (Å²) in [6.45, 7) is 0. The molecule has 174 valence electrons. The third-order valence-electron chi connectivity index (χ3n) is 7.12. The number of likely N-dealkylation sites (N-methyl/N-ethyl adjacent to an activating group) is 1. The van der Waals surface area contributed by atoms with Crippen LogP contribution in [-0.4, -0.2) is 74.8 Å². The number of nitro benzene ring substituents is 1. The summed E-state index contributed by atoms with van der Waals surface area (Å²) in [4.78, 5) is 76.9. The zero-order valence-corrected chi connectivity index (χ0v) is 17.7. The maximum atomic E-state index is 13.5. The van der Waals surface area contributed by atoms with Crippen molar-refractivity contribution in [3.8, 4) is 5.75 Å². The summed E-state index contributed by atoms with van der Waals surface area (Å²) in [5.41, 5.74) is 1.55. The first-order valence-electron chi connectivity index (χ1n) is 10.2. The van der Waals surface area contributed by atoms with Gasteiger partial charge in [0.25, 0.3) is 5.69 Å². The van der Waals surface area contributed by atoms with E-state index in [4.69, 9.17) is 5.73 Å². The Bertz CT molecular complexity index is 1160. The molecule has 1 aromatic carbocycles. The number of aromatic hydroxyl groups is 1. The molecule has 33 heavy (non-hydrogen) atoms. The fraction of sp³-hybridized carbons (Fsp3) is 0.476. The Morgan fingerprint density at radius 2 is 1.85 bits per heavy atom. The van der Waals surface area contributed by atoms with Crippen molar-refractivity contribution in [3.63, 3.8) is 0 Å². The Kier molecular flexibility index (Phi) is 4.98. The van der Waals surface area contributed by atoms with Gasteiger partial charge >= 0.3 is 0 Å². The second-order valence-electron chi connectivity index (χ2n) is 9.00. The van der Waals surface area contributed by atoms with Gasteiger partial charge in [-0.15, -0.1) is 0 Å². The fourth-order valence-electron chi connectivity index (χ4n) is 5.76. The third-order valence-corrected chi connectivity index (χ3v) is 7.12. The van der Waals surface area contributed by atoms with E-state index in [9.17, 15) is 44.3 Å². The van der Waals surface area contributed by atoms with Crippen LogP contribution in [0.1, 0.15) is 22.3 Å². The molecule has 2 saturated carbocycles. The first-order valence-corrected chi connectivity index (χ1v) is 10.2. The van der Waals surface area contributed by atoms with E-state index < -0.39 is 86.3 Å². The lowest BCUT2D eigenvalue weighted by atomic mass is 9.52. The van der Waals surface area contributed by atoms with E-state index >= 15 is 0 Å². The molecule has 1 aromatic rings. The number of phenolic OH excluding ortho intramolecular Hbond substituents is 1. The maximum absolute atomic E-state index is 13.5. The summed E-state index contributed by atoms with van der Waals surface area (Å²) < 4.78 is 0. The molecular weight excluding hydrogens is 438 g/mol. The SMILES string of the molecule is CN(C)C1C(=O)C(C(N)=O)C(=O)C2(O)C(=O)C3C(=O)c4c(O)ccc([N+](=O)[O-])c4CC3CC12. The number of hydrogen-bond donors (Lipinski definition) is 3. The minimum atomic E-state index is -2.83. The molecule has 6 unspecified atom stereocenters. The average molecular weight is 459 g/mol. The number of carbonyl (C=O) groups excluding carboxylic acids is 5. The van der Waals surface area contributed by atoms with Crippen LogP contribution in [-0.2, 0) is 25.6 Å². The van der Waals surface area contributed by atoms with Gasteiger partial charge in [-0.3, -0.25) is 39.0 Å². The van der Waals surface area contributed by atoms with E-state index in [-0.39, 0.29) is 18.4 Å². The summed E-state index contributed by atoms with van der Waals surface area (Å²) in [6, 6.07) is 0.789. The van der Waals surface area contributed by atoms with Crippen molar-refractivity contribution in [1.29, 1.82) is 0 Å². The van der Waals surface area contributed by atoms with Gasteiger partial charge in [0.15, 0.2) is 34.7 Å². The Hall–Kier alpha value is -3.51. The number of benzene rings is 1. The lowest BCUT2D eigenvalue weighted by Gasteiger charge is -2.52. The van der Waals surface area contributed by atoms with Gasteiger partial charge in [0, 0.05) is 17.5 Å². The van der Waals surface area contributed by atoms with E-state index in [1.807, 2.05) is 0 Å². The maximum Gasteiger partial charge on any atom is 0.273 e. The largest absolute Gasteiger partial charge is 0.507 e. The van der Waals surface area contributed by atoms with Crippen molar-refractivity contribution < 1.29 is 39.1 Å². The highest BCUT2D eigenvalue weighted by atomic mass is 16.6. The number of hydrogen-bond acceptors (Lipinski definition) is 10. The standard InChI is InChI=1S/C21H21N3O9/c1-23(2)15-9-6-7-5-8-10(24(32)33)3-4-11(25)13(8)16(26)12(7)18(28)21(9,31)19(29)14(17(15)27)20(22)30/h3-4,7,9,12,14-15,25,31H,5-6H2,1-2H3,(H2,22,30). The van der Waals surface area contributed by atoms with Gasteiger partial charge in [-0.05, 0) is 38.9 Å². The van der Waals surface area contributed by atoms with Gasteiger partial charge in [0.2, 0.25) is 5.91 Å². The van der Waals surface area contributed by atoms with Crippen LogP contribution in [0.2, 0.25) is 0 Å². The van der Waals surface area contributed by atoms with Gasteiger partial charge < -0.3 is 15.9 Å². The lowest BCUT2D eigenvalue weighted by Crippen LogP contribution is -2.74. The minimum absolute atomic E-state index is 0.0469. The van der Waals surface area contributed by atoms with Gasteiger partial charge in [0.05, 0.1) is 22.4 Å². The number of fused-ring (bicyclic) bond motifs is 3. The summed E-state index contributed by atoms with van der Waals surface area (Å²) in [5, 5.41) is 33.1. The normalized spacial score (nSPS) is 33.4. The molecule has 0 radical (unpaired) electrons. The molecule has 4 rings (SSSR count). The van der Waals surface area contributed by atoms with Crippen LogP contribution in [0.25, 0.3) is 0 Å². The summed E-state index contributed by atoms with van der Waals surface area (Å²) >= 11 is 0. The predicted octanol–water partition coefficient (Wildman–Crippen LogP) is -1.22. The molecule has 0 bridgehead atoms. The molecule has 3 aliphatic carbocycles. The molecule has 2 fully saturated rings. The Morgan fingerprint density at radius 1 is 1.21 bits per heavy atom. The molecule has 1 amide bonds. The number of primary amides is 1. The zero-order chi connectivity index (χ0) is 24.6. The van der Waals surface area contributed by atoms with Crippen LogP contribution in [0.5, 0.6) is 5.75 Å². The third kappa shape index (κ3) is 2.87. The minimum Gasteiger partial charge on any atom is -0.507 e. The van der Waals surface area contributed by atoms with E-state index in [2.05, 4.69) is 0 Å². The van der Waals surface area contributed by atoms with Crippen LogP contribution in [0, 0.1) is 33.8 Å². The van der Waals surface area contributed by atoms with E-state index in [1.165, 1.54) is 19.0 Å². The molecule has 0 heterocycles. The smallest absolute Gasteiger partial charge is 0.273 e. The van der Waals surface area contributed by atoms with Crippen LogP contribution in [0.15, 0.2) is 12.1 Å². The highest BCUT2D eigenvalue weighted by molar-refractivity contribution is 6.32. The molecule has 4 N–H and O–H groups in total. The van der Waals surface area contributed by atoms with Gasteiger partial charge in [-0.1, -0.05) is 0 Å². The van der Waals surface area contributed by atoms with E-state index in [0.717, 1.165) is 12.1 Å². The number of aliphatic hydroxyl groups is 1. The molecule has 12 heteroatoms. The van der Waals surface area contributed by atoms with Crippen molar-refractivity contribution in [2.75, 3.05) is 14.1 Å². The number of amides is 1. The number of nitrogens with two attached hydrogens (primary N) is 1. The van der Waals surface area contributed by atoms with Crippen molar-refractivity contribution in [1.82, 2.24) is 4.90 Å². The average Bonchev–Trinajstić information content (AvgIpc) is 2.70. The number of rotatable bonds is 3. The van der Waals surface area contributed by atoms with Gasteiger partial charge in [-0.25, -0.2) is 0 Å². The first kappa shape index (κ1) is 22.7. The van der Waals surface area contributed by atoms with E-state index in [1.54, 1.807) is 0 Å². The summed E-state index contributed by atoms with van der Waals surface area (Å²) in [6.07, 6.45) is -0.326. The summed E-state index contributed by atoms with van der Waals surface area (Å²) in [7, 11) is 2.94. The monoisotopic (exact) mass is 459 g/mol. The molecule has 0 spiro atoms. The number of Topliss-reactive ketones (excluding diaryl/α,β-unsaturated/α-hetero) is 4. The number of carbonyl (C=O) groups is 5.